The number of hydrogen-bond acceptors (Lipinski definition) is 4. The van der Waals surface area contributed by atoms with E-state index in [0.29, 0.717) is 29.2 Å². The maximum atomic E-state index is 12.4. The van der Waals surface area contributed by atoms with Crippen LogP contribution in [0.2, 0.25) is 0 Å². The Balaban J connectivity index is 2.65. The monoisotopic (exact) mass is 345 g/mol. The van der Waals surface area contributed by atoms with Crippen LogP contribution in [0.3, 0.4) is 0 Å². The van der Waals surface area contributed by atoms with Crippen molar-refractivity contribution in [3.63, 3.8) is 0 Å². The highest BCUT2D eigenvalue weighted by molar-refractivity contribution is 9.10. The molecule has 0 amide bonds. The lowest BCUT2D eigenvalue weighted by atomic mass is 10.1. The lowest BCUT2D eigenvalue weighted by molar-refractivity contribution is 0.121. The van der Waals surface area contributed by atoms with Crippen molar-refractivity contribution in [3.05, 3.63) is 33.8 Å². The Bertz CT molecular complexity index is 623. The minimum absolute atomic E-state index is 0.148. The largest absolute Gasteiger partial charge is 0.272 e. The highest BCUT2D eigenvalue weighted by Crippen LogP contribution is 2.32. The standard InChI is InChI=1S/C13H16BrNO3S/c1-3-8-19(16,17)12-5-4-10(14)9(2)13(12)11-6-7-18-15-11/h4-6,15H,3,7-8H2,1-2H3. The summed E-state index contributed by atoms with van der Waals surface area (Å²) < 4.78 is 25.6. The van der Waals surface area contributed by atoms with E-state index < -0.39 is 9.84 Å². The van der Waals surface area contributed by atoms with Crippen LogP contribution in [0.1, 0.15) is 24.5 Å². The smallest absolute Gasteiger partial charge is 0.179 e. The normalized spacial score (nSPS) is 15.2. The highest BCUT2D eigenvalue weighted by Gasteiger charge is 2.24. The van der Waals surface area contributed by atoms with E-state index in [-0.39, 0.29) is 5.75 Å². The van der Waals surface area contributed by atoms with Gasteiger partial charge in [0, 0.05) is 10.0 Å². The molecule has 6 heteroatoms. The third-order valence-electron chi connectivity index (χ3n) is 2.99. The van der Waals surface area contributed by atoms with E-state index >= 15 is 0 Å². The van der Waals surface area contributed by atoms with Crippen LogP contribution in [0.5, 0.6) is 0 Å². The molecule has 0 saturated heterocycles. The minimum Gasteiger partial charge on any atom is -0.272 e. The number of sulfone groups is 1. The molecule has 0 unspecified atom stereocenters. The van der Waals surface area contributed by atoms with Gasteiger partial charge >= 0.3 is 0 Å². The molecule has 1 N–H and O–H groups in total. The molecule has 0 bridgehead atoms. The Hall–Kier alpha value is -0.850. The van der Waals surface area contributed by atoms with Crippen molar-refractivity contribution in [1.82, 2.24) is 5.48 Å². The van der Waals surface area contributed by atoms with Gasteiger partial charge in [0.15, 0.2) is 9.84 Å². The molecule has 4 nitrogen and oxygen atoms in total. The van der Waals surface area contributed by atoms with Crippen LogP contribution in [-0.2, 0) is 14.7 Å². The van der Waals surface area contributed by atoms with Crippen molar-refractivity contribution < 1.29 is 13.3 Å². The van der Waals surface area contributed by atoms with Crippen molar-refractivity contribution in [2.75, 3.05) is 12.4 Å². The van der Waals surface area contributed by atoms with E-state index in [0.717, 1.165) is 10.0 Å². The number of benzene rings is 1. The van der Waals surface area contributed by atoms with Gasteiger partial charge in [0.1, 0.15) is 0 Å². The second kappa shape index (κ2) is 5.64. The summed E-state index contributed by atoms with van der Waals surface area (Å²) in [5.74, 6) is 0.148. The zero-order chi connectivity index (χ0) is 14.0. The SMILES string of the molecule is CCCS(=O)(=O)c1ccc(Br)c(C)c1C1=CCON1. The zero-order valence-corrected chi connectivity index (χ0v) is 13.3. The van der Waals surface area contributed by atoms with Gasteiger partial charge in [-0.25, -0.2) is 8.42 Å². The molecular weight excluding hydrogens is 330 g/mol. The topological polar surface area (TPSA) is 55.4 Å². The van der Waals surface area contributed by atoms with Crippen LogP contribution in [0.25, 0.3) is 5.70 Å². The molecule has 1 aliphatic rings. The number of hydrogen-bond donors (Lipinski definition) is 1. The maximum Gasteiger partial charge on any atom is 0.179 e. The van der Waals surface area contributed by atoms with Crippen LogP contribution in [-0.4, -0.2) is 20.8 Å². The first kappa shape index (κ1) is 14.6. The summed E-state index contributed by atoms with van der Waals surface area (Å²) in [6.45, 7) is 4.19. The van der Waals surface area contributed by atoms with Crippen LogP contribution in [0.4, 0.5) is 0 Å². The molecule has 1 aliphatic heterocycles. The minimum atomic E-state index is -3.27. The Morgan fingerprint density at radius 3 is 2.74 bits per heavy atom. The summed E-state index contributed by atoms with van der Waals surface area (Å²) in [6, 6.07) is 3.43. The Labute approximate surface area is 121 Å². The van der Waals surface area contributed by atoms with E-state index in [1.165, 1.54) is 0 Å². The number of rotatable bonds is 4. The quantitative estimate of drug-likeness (QED) is 0.911. The van der Waals surface area contributed by atoms with Gasteiger partial charge in [0.25, 0.3) is 0 Å². The average molecular weight is 346 g/mol. The molecule has 0 fully saturated rings. The van der Waals surface area contributed by atoms with Gasteiger partial charge in [-0.2, -0.15) is 0 Å². The summed E-state index contributed by atoms with van der Waals surface area (Å²) in [7, 11) is -3.27. The van der Waals surface area contributed by atoms with E-state index in [1.807, 2.05) is 19.9 Å². The molecule has 1 heterocycles. The van der Waals surface area contributed by atoms with Crippen molar-refractivity contribution in [2.45, 2.75) is 25.2 Å². The van der Waals surface area contributed by atoms with E-state index in [1.54, 1.807) is 12.1 Å². The third-order valence-corrected chi connectivity index (χ3v) is 5.81. The molecule has 2 rings (SSSR count). The molecule has 1 aromatic rings. The van der Waals surface area contributed by atoms with Crippen molar-refractivity contribution in [1.29, 1.82) is 0 Å². The molecule has 0 aromatic heterocycles. The first-order valence-corrected chi connectivity index (χ1v) is 8.52. The number of hydroxylamine groups is 1. The third kappa shape index (κ3) is 2.85. The number of halogens is 1. The molecule has 104 valence electrons. The summed E-state index contributed by atoms with van der Waals surface area (Å²) in [5.41, 5.74) is 5.07. The fraction of sp³-hybridized carbons (Fsp3) is 0.385. The second-order valence-corrected chi connectivity index (χ2v) is 7.33. The molecule has 0 atom stereocenters. The van der Waals surface area contributed by atoms with Crippen LogP contribution >= 0.6 is 15.9 Å². The number of nitrogens with one attached hydrogen (secondary N) is 1. The molecule has 1 aromatic carbocycles. The van der Waals surface area contributed by atoms with Crippen molar-refractivity contribution in [3.8, 4) is 0 Å². The summed E-state index contributed by atoms with van der Waals surface area (Å²) >= 11 is 3.44. The van der Waals surface area contributed by atoms with E-state index in [2.05, 4.69) is 21.4 Å². The molecule has 0 saturated carbocycles. The fourth-order valence-corrected chi connectivity index (χ4v) is 4.01. The van der Waals surface area contributed by atoms with Gasteiger partial charge < -0.3 is 0 Å². The summed E-state index contributed by atoms with van der Waals surface area (Å²) in [5, 5.41) is 0. The first-order chi connectivity index (χ1) is 8.97. The maximum absolute atomic E-state index is 12.4. The highest BCUT2D eigenvalue weighted by atomic mass is 79.9. The molecule has 0 aliphatic carbocycles. The zero-order valence-electron chi connectivity index (χ0n) is 10.9. The van der Waals surface area contributed by atoms with Crippen LogP contribution in [0, 0.1) is 6.92 Å². The van der Waals surface area contributed by atoms with Gasteiger partial charge in [-0.3, -0.25) is 10.3 Å². The fourth-order valence-electron chi connectivity index (χ4n) is 2.07. The van der Waals surface area contributed by atoms with E-state index in [4.69, 9.17) is 4.84 Å². The van der Waals surface area contributed by atoms with Gasteiger partial charge in [-0.15, -0.1) is 0 Å². The molecule has 0 spiro atoms. The predicted molar refractivity (Wildman–Crippen MR) is 78.3 cm³/mol. The van der Waals surface area contributed by atoms with Crippen LogP contribution < -0.4 is 5.48 Å². The predicted octanol–water partition coefficient (Wildman–Crippen LogP) is 2.82. The molecular formula is C13H16BrNO3S. The Morgan fingerprint density at radius 1 is 1.42 bits per heavy atom. The van der Waals surface area contributed by atoms with Crippen LogP contribution in [0.15, 0.2) is 27.6 Å². The van der Waals surface area contributed by atoms with Gasteiger partial charge in [0.05, 0.1) is 23.0 Å². The van der Waals surface area contributed by atoms with Gasteiger partial charge in [0.2, 0.25) is 0 Å². The van der Waals surface area contributed by atoms with Gasteiger partial charge in [-0.1, -0.05) is 22.9 Å². The summed E-state index contributed by atoms with van der Waals surface area (Å²) in [6.07, 6.45) is 2.44. The lowest BCUT2D eigenvalue weighted by Crippen LogP contribution is -2.14. The Morgan fingerprint density at radius 2 is 2.16 bits per heavy atom. The molecule has 0 radical (unpaired) electrons. The van der Waals surface area contributed by atoms with Crippen molar-refractivity contribution >= 4 is 31.5 Å². The van der Waals surface area contributed by atoms with Crippen molar-refractivity contribution in [2.24, 2.45) is 0 Å². The first-order valence-electron chi connectivity index (χ1n) is 6.07. The molecule has 19 heavy (non-hydrogen) atoms. The lowest BCUT2D eigenvalue weighted by Gasteiger charge is -2.15. The van der Waals surface area contributed by atoms with Gasteiger partial charge in [-0.05, 0) is 37.1 Å². The van der Waals surface area contributed by atoms with E-state index in [9.17, 15) is 8.42 Å². The second-order valence-electron chi connectivity index (χ2n) is 4.40. The Kier molecular flexibility index (Phi) is 4.32. The summed E-state index contributed by atoms with van der Waals surface area (Å²) in [4.78, 5) is 5.44. The average Bonchev–Trinajstić information content (AvgIpc) is 2.85.